The van der Waals surface area contributed by atoms with Crippen molar-refractivity contribution in [3.05, 3.63) is 12.2 Å². The zero-order chi connectivity index (χ0) is 25.5. The van der Waals surface area contributed by atoms with Crippen LogP contribution in [0.2, 0.25) is 0 Å². The first-order valence-electron chi connectivity index (χ1n) is 14.3. The van der Waals surface area contributed by atoms with Crippen molar-refractivity contribution in [1.82, 2.24) is 19.9 Å². The van der Waals surface area contributed by atoms with Crippen LogP contribution in [0.1, 0.15) is 96.8 Å². The molecule has 0 bridgehead atoms. The minimum absolute atomic E-state index is 0.450. The molecule has 8 heteroatoms. The second-order valence-corrected chi connectivity index (χ2v) is 11.3. The summed E-state index contributed by atoms with van der Waals surface area (Å²) < 4.78 is 11.2. The zero-order valence-corrected chi connectivity index (χ0v) is 24.6. The minimum atomic E-state index is 0.450. The lowest BCUT2D eigenvalue weighted by Crippen LogP contribution is -2.38. The molecule has 0 amide bonds. The van der Waals surface area contributed by atoms with E-state index in [1.165, 1.54) is 102 Å². The van der Waals surface area contributed by atoms with E-state index in [0.717, 1.165) is 48.9 Å². The first-order chi connectivity index (χ1) is 17.8. The summed E-state index contributed by atoms with van der Waals surface area (Å²) in [5.74, 6) is 1.05. The molecule has 0 unspecified atom stereocenters. The SMILES string of the molecule is CCCCCCCC/C=C\CCCCCCCCSc1nc(OCCN2CCOCC2)nc(SC)n1. The van der Waals surface area contributed by atoms with Crippen LogP contribution in [0.5, 0.6) is 6.01 Å². The molecule has 2 heterocycles. The zero-order valence-electron chi connectivity index (χ0n) is 22.9. The highest BCUT2D eigenvalue weighted by Crippen LogP contribution is 2.21. The van der Waals surface area contributed by atoms with Crippen molar-refractivity contribution in [3.63, 3.8) is 0 Å². The first-order valence-corrected chi connectivity index (χ1v) is 16.5. The fraction of sp³-hybridized carbons (Fsp3) is 0.821. The van der Waals surface area contributed by atoms with Crippen LogP contribution in [0, 0.1) is 0 Å². The van der Waals surface area contributed by atoms with E-state index in [1.807, 2.05) is 6.26 Å². The lowest BCUT2D eigenvalue weighted by molar-refractivity contribution is 0.0316. The van der Waals surface area contributed by atoms with E-state index in [0.29, 0.717) is 12.6 Å². The predicted molar refractivity (Wildman–Crippen MR) is 155 cm³/mol. The molecular formula is C28H50N4O2S2. The van der Waals surface area contributed by atoms with E-state index in [2.05, 4.69) is 38.9 Å². The van der Waals surface area contributed by atoms with E-state index in [-0.39, 0.29) is 0 Å². The summed E-state index contributed by atoms with van der Waals surface area (Å²) in [4.78, 5) is 15.9. The Labute approximate surface area is 229 Å². The second-order valence-electron chi connectivity index (χ2n) is 9.48. The Morgan fingerprint density at radius 2 is 1.42 bits per heavy atom. The third kappa shape index (κ3) is 16.1. The lowest BCUT2D eigenvalue weighted by atomic mass is 10.1. The van der Waals surface area contributed by atoms with Crippen molar-refractivity contribution in [1.29, 1.82) is 0 Å². The van der Waals surface area contributed by atoms with Crippen molar-refractivity contribution in [2.45, 2.75) is 107 Å². The topological polar surface area (TPSA) is 60.4 Å². The van der Waals surface area contributed by atoms with E-state index in [9.17, 15) is 0 Å². The van der Waals surface area contributed by atoms with E-state index in [1.54, 1.807) is 11.8 Å². The summed E-state index contributed by atoms with van der Waals surface area (Å²) in [6.45, 7) is 7.29. The molecule has 1 aliphatic rings. The normalized spacial score (nSPS) is 14.6. The van der Waals surface area contributed by atoms with Gasteiger partial charge in [0.05, 0.1) is 13.2 Å². The van der Waals surface area contributed by atoms with Crippen LogP contribution in [0.4, 0.5) is 0 Å². The number of unbranched alkanes of at least 4 members (excludes halogenated alkanes) is 12. The first kappa shape index (κ1) is 31.4. The summed E-state index contributed by atoms with van der Waals surface area (Å²) in [6.07, 6.45) is 25.5. The summed E-state index contributed by atoms with van der Waals surface area (Å²) >= 11 is 3.26. The quantitative estimate of drug-likeness (QED) is 0.0858. The monoisotopic (exact) mass is 538 g/mol. The lowest BCUT2D eigenvalue weighted by Gasteiger charge is -2.26. The van der Waals surface area contributed by atoms with Gasteiger partial charge in [-0.2, -0.15) is 15.0 Å². The van der Waals surface area contributed by atoms with Gasteiger partial charge in [-0.05, 0) is 38.4 Å². The van der Waals surface area contributed by atoms with Crippen molar-refractivity contribution in [2.24, 2.45) is 0 Å². The van der Waals surface area contributed by atoms with Crippen LogP contribution in [0.15, 0.2) is 22.5 Å². The highest BCUT2D eigenvalue weighted by atomic mass is 32.2. The number of thioether (sulfide) groups is 2. The highest BCUT2D eigenvalue weighted by Gasteiger charge is 2.12. The maximum Gasteiger partial charge on any atom is 0.321 e. The average molecular weight is 539 g/mol. The molecule has 0 aliphatic carbocycles. The van der Waals surface area contributed by atoms with E-state index < -0.39 is 0 Å². The van der Waals surface area contributed by atoms with Crippen LogP contribution in [-0.2, 0) is 4.74 Å². The van der Waals surface area contributed by atoms with Gasteiger partial charge in [0.1, 0.15) is 6.61 Å². The molecule has 1 fully saturated rings. The number of morpholine rings is 1. The number of nitrogens with zero attached hydrogens (tertiary/aromatic N) is 4. The van der Waals surface area contributed by atoms with Gasteiger partial charge in [-0.25, -0.2) is 0 Å². The number of hydrogen-bond donors (Lipinski definition) is 0. The molecule has 1 aromatic rings. The number of allylic oxidation sites excluding steroid dienone is 2. The summed E-state index contributed by atoms with van der Waals surface area (Å²) in [5.41, 5.74) is 0. The third-order valence-corrected chi connectivity index (χ3v) is 7.87. The van der Waals surface area contributed by atoms with Crippen LogP contribution in [0.25, 0.3) is 0 Å². The Morgan fingerprint density at radius 1 is 0.806 bits per heavy atom. The van der Waals surface area contributed by atoms with E-state index in [4.69, 9.17) is 9.47 Å². The van der Waals surface area contributed by atoms with Gasteiger partial charge in [0, 0.05) is 25.4 Å². The number of rotatable bonds is 22. The maximum atomic E-state index is 5.85. The standard InChI is InChI=1S/C28H50N4O2S2/c1-3-4-5-6-7-8-9-10-11-12-13-14-15-16-17-18-25-36-28-30-26(29-27(31-28)35-2)34-24-21-32-19-22-33-23-20-32/h10-11H,3-9,12-25H2,1-2H3/b11-10-. The molecule has 0 radical (unpaired) electrons. The number of ether oxygens (including phenoxy) is 2. The molecule has 1 aromatic heterocycles. The number of aromatic nitrogens is 3. The van der Waals surface area contributed by atoms with Crippen LogP contribution >= 0.6 is 23.5 Å². The molecule has 1 saturated heterocycles. The van der Waals surface area contributed by atoms with Crippen molar-refractivity contribution < 1.29 is 9.47 Å². The molecule has 1 aliphatic heterocycles. The second kappa shape index (κ2) is 22.2. The van der Waals surface area contributed by atoms with Crippen LogP contribution < -0.4 is 4.74 Å². The molecule has 0 N–H and O–H groups in total. The molecular weight excluding hydrogens is 488 g/mol. The predicted octanol–water partition coefficient (Wildman–Crippen LogP) is 7.43. The van der Waals surface area contributed by atoms with Gasteiger partial charge in [-0.15, -0.1) is 0 Å². The number of hydrogen-bond acceptors (Lipinski definition) is 8. The van der Waals surface area contributed by atoms with Gasteiger partial charge < -0.3 is 9.47 Å². The molecule has 0 saturated carbocycles. The molecule has 6 nitrogen and oxygen atoms in total. The molecule has 0 aromatic carbocycles. The Morgan fingerprint density at radius 3 is 2.08 bits per heavy atom. The third-order valence-electron chi connectivity index (χ3n) is 6.39. The van der Waals surface area contributed by atoms with Gasteiger partial charge >= 0.3 is 6.01 Å². The smallest absolute Gasteiger partial charge is 0.321 e. The van der Waals surface area contributed by atoms with E-state index >= 15 is 0 Å². The Bertz CT molecular complexity index is 688. The van der Waals surface area contributed by atoms with Crippen LogP contribution in [-0.4, -0.2) is 71.3 Å². The Balaban J connectivity index is 1.46. The van der Waals surface area contributed by atoms with Gasteiger partial charge in [0.2, 0.25) is 0 Å². The van der Waals surface area contributed by atoms with Crippen molar-refractivity contribution in [3.8, 4) is 6.01 Å². The van der Waals surface area contributed by atoms with Crippen molar-refractivity contribution in [2.75, 3.05) is 51.5 Å². The van der Waals surface area contributed by atoms with Gasteiger partial charge in [-0.1, -0.05) is 100 Å². The Kier molecular flexibility index (Phi) is 19.3. The highest BCUT2D eigenvalue weighted by molar-refractivity contribution is 7.99. The summed E-state index contributed by atoms with van der Waals surface area (Å²) in [6, 6.07) is 0.450. The molecule has 2 rings (SSSR count). The molecule has 206 valence electrons. The summed E-state index contributed by atoms with van der Waals surface area (Å²) in [7, 11) is 0. The Hall–Kier alpha value is -0.830. The van der Waals surface area contributed by atoms with Gasteiger partial charge in [-0.3, -0.25) is 4.90 Å². The fourth-order valence-electron chi connectivity index (χ4n) is 4.14. The molecule has 36 heavy (non-hydrogen) atoms. The van der Waals surface area contributed by atoms with Gasteiger partial charge in [0.25, 0.3) is 0 Å². The minimum Gasteiger partial charge on any atom is -0.462 e. The average Bonchev–Trinajstić information content (AvgIpc) is 2.91. The summed E-state index contributed by atoms with van der Waals surface area (Å²) in [5, 5.41) is 1.51. The molecule has 0 atom stereocenters. The van der Waals surface area contributed by atoms with Crippen LogP contribution in [0.3, 0.4) is 0 Å². The fourth-order valence-corrected chi connectivity index (χ4v) is 5.37. The maximum absolute atomic E-state index is 5.85. The van der Waals surface area contributed by atoms with Crippen molar-refractivity contribution >= 4 is 23.5 Å². The largest absolute Gasteiger partial charge is 0.462 e. The molecule has 0 spiro atoms. The van der Waals surface area contributed by atoms with Gasteiger partial charge in [0.15, 0.2) is 10.3 Å².